The Bertz CT molecular complexity index is 209. The van der Waals surface area contributed by atoms with Crippen LogP contribution in [0.3, 0.4) is 0 Å². The number of nitrogens with zero attached hydrogens (tertiary/aromatic N) is 1. The highest BCUT2D eigenvalue weighted by Gasteiger charge is 2.23. The summed E-state index contributed by atoms with van der Waals surface area (Å²) in [5, 5.41) is 2.87. The highest BCUT2D eigenvalue weighted by atomic mass is 16.5. The van der Waals surface area contributed by atoms with Gasteiger partial charge in [-0.25, -0.2) is 0 Å². The molecule has 0 radical (unpaired) electrons. The fourth-order valence-corrected chi connectivity index (χ4v) is 2.28. The molecular formula is C12H24N2O2. The SMILES string of the molecule is CCNC(=O)C[C@H]1CCCCN1CCOC. The minimum Gasteiger partial charge on any atom is -0.383 e. The van der Waals surface area contributed by atoms with Gasteiger partial charge in [0.15, 0.2) is 0 Å². The molecule has 0 aromatic heterocycles. The number of rotatable bonds is 6. The minimum atomic E-state index is 0.178. The van der Waals surface area contributed by atoms with Crippen molar-refractivity contribution >= 4 is 5.91 Å². The molecule has 0 saturated carbocycles. The Morgan fingerprint density at radius 2 is 2.31 bits per heavy atom. The van der Waals surface area contributed by atoms with Gasteiger partial charge in [-0.2, -0.15) is 0 Å². The van der Waals surface area contributed by atoms with Crippen LogP contribution >= 0.6 is 0 Å². The van der Waals surface area contributed by atoms with Gasteiger partial charge < -0.3 is 10.1 Å². The molecule has 1 heterocycles. The molecule has 1 N–H and O–H groups in total. The molecule has 0 unspecified atom stereocenters. The minimum absolute atomic E-state index is 0.178. The summed E-state index contributed by atoms with van der Waals surface area (Å²) in [6, 6.07) is 0.412. The van der Waals surface area contributed by atoms with Crippen LogP contribution in [-0.4, -0.2) is 50.2 Å². The third kappa shape index (κ3) is 4.49. The molecule has 0 aromatic rings. The molecule has 0 aromatic carbocycles. The van der Waals surface area contributed by atoms with E-state index >= 15 is 0 Å². The maximum absolute atomic E-state index is 11.6. The molecule has 1 aliphatic rings. The molecular weight excluding hydrogens is 204 g/mol. The van der Waals surface area contributed by atoms with Crippen LogP contribution in [0, 0.1) is 0 Å². The number of methoxy groups -OCH3 is 1. The van der Waals surface area contributed by atoms with Crippen molar-refractivity contribution in [1.82, 2.24) is 10.2 Å². The Hall–Kier alpha value is -0.610. The maximum atomic E-state index is 11.6. The standard InChI is InChI=1S/C12H24N2O2/c1-3-13-12(15)10-11-6-4-5-7-14(11)8-9-16-2/h11H,3-10H2,1-2H3,(H,13,15)/t11-/m1/s1. The van der Waals surface area contributed by atoms with E-state index in [1.54, 1.807) is 7.11 Å². The van der Waals surface area contributed by atoms with Crippen molar-refractivity contribution in [2.75, 3.05) is 33.4 Å². The van der Waals surface area contributed by atoms with Crippen molar-refractivity contribution < 1.29 is 9.53 Å². The number of hydrogen-bond donors (Lipinski definition) is 1. The summed E-state index contributed by atoms with van der Waals surface area (Å²) in [5.41, 5.74) is 0. The van der Waals surface area contributed by atoms with Crippen molar-refractivity contribution in [1.29, 1.82) is 0 Å². The van der Waals surface area contributed by atoms with E-state index in [0.29, 0.717) is 12.5 Å². The molecule has 1 fully saturated rings. The second-order valence-corrected chi connectivity index (χ2v) is 4.34. The highest BCUT2D eigenvalue weighted by Crippen LogP contribution is 2.19. The molecule has 94 valence electrons. The number of nitrogens with one attached hydrogen (secondary N) is 1. The summed E-state index contributed by atoms with van der Waals surface area (Å²) >= 11 is 0. The van der Waals surface area contributed by atoms with Gasteiger partial charge in [0.25, 0.3) is 0 Å². The first kappa shape index (κ1) is 13.5. The van der Waals surface area contributed by atoms with Gasteiger partial charge in [0.2, 0.25) is 5.91 Å². The predicted molar refractivity (Wildman–Crippen MR) is 64.4 cm³/mol. The van der Waals surface area contributed by atoms with Crippen LogP contribution < -0.4 is 5.32 Å². The lowest BCUT2D eigenvalue weighted by Gasteiger charge is -2.35. The van der Waals surface area contributed by atoms with Gasteiger partial charge in [0, 0.05) is 32.7 Å². The molecule has 16 heavy (non-hydrogen) atoms. The number of piperidine rings is 1. The van der Waals surface area contributed by atoms with Crippen molar-refractivity contribution in [2.24, 2.45) is 0 Å². The van der Waals surface area contributed by atoms with E-state index in [1.807, 2.05) is 6.92 Å². The van der Waals surface area contributed by atoms with E-state index in [4.69, 9.17) is 4.74 Å². The molecule has 4 heteroatoms. The van der Waals surface area contributed by atoms with Gasteiger partial charge >= 0.3 is 0 Å². The van der Waals surface area contributed by atoms with Crippen LogP contribution in [0.5, 0.6) is 0 Å². The fourth-order valence-electron chi connectivity index (χ4n) is 2.28. The number of likely N-dealkylation sites (tertiary alicyclic amines) is 1. The van der Waals surface area contributed by atoms with Crippen LogP contribution in [0.25, 0.3) is 0 Å². The molecule has 1 aliphatic heterocycles. The van der Waals surface area contributed by atoms with E-state index < -0.39 is 0 Å². The van der Waals surface area contributed by atoms with Crippen molar-refractivity contribution in [3.8, 4) is 0 Å². The lowest BCUT2D eigenvalue weighted by molar-refractivity contribution is -0.122. The first-order chi connectivity index (χ1) is 7.77. The Morgan fingerprint density at radius 3 is 3.00 bits per heavy atom. The summed E-state index contributed by atoms with van der Waals surface area (Å²) in [7, 11) is 1.72. The smallest absolute Gasteiger partial charge is 0.221 e. The second kappa shape index (κ2) is 7.63. The zero-order valence-electron chi connectivity index (χ0n) is 10.5. The van der Waals surface area contributed by atoms with Crippen molar-refractivity contribution in [3.63, 3.8) is 0 Å². The first-order valence-electron chi connectivity index (χ1n) is 6.27. The molecule has 1 rings (SSSR count). The molecule has 0 bridgehead atoms. The van der Waals surface area contributed by atoms with E-state index in [9.17, 15) is 4.79 Å². The van der Waals surface area contributed by atoms with E-state index in [1.165, 1.54) is 12.8 Å². The molecule has 1 atom stereocenters. The normalized spacial score (nSPS) is 22.0. The van der Waals surface area contributed by atoms with Crippen LogP contribution in [0.2, 0.25) is 0 Å². The zero-order valence-corrected chi connectivity index (χ0v) is 10.5. The summed E-state index contributed by atoms with van der Waals surface area (Å²) in [6.07, 6.45) is 4.27. The Kier molecular flexibility index (Phi) is 6.42. The zero-order chi connectivity index (χ0) is 11.8. The lowest BCUT2D eigenvalue weighted by Crippen LogP contribution is -2.44. The summed E-state index contributed by atoms with van der Waals surface area (Å²) in [6.45, 7) is 5.49. The molecule has 4 nitrogen and oxygen atoms in total. The Morgan fingerprint density at radius 1 is 1.50 bits per heavy atom. The van der Waals surface area contributed by atoms with Gasteiger partial charge in [-0.3, -0.25) is 9.69 Å². The molecule has 0 spiro atoms. The average Bonchev–Trinajstić information content (AvgIpc) is 2.28. The third-order valence-electron chi connectivity index (χ3n) is 3.13. The second-order valence-electron chi connectivity index (χ2n) is 4.34. The molecule has 0 aliphatic carbocycles. The Balaban J connectivity index is 2.37. The van der Waals surface area contributed by atoms with Crippen LogP contribution in [0.1, 0.15) is 32.6 Å². The summed E-state index contributed by atoms with van der Waals surface area (Å²) in [5.74, 6) is 0.178. The maximum Gasteiger partial charge on any atom is 0.221 e. The van der Waals surface area contributed by atoms with Crippen LogP contribution in [0.4, 0.5) is 0 Å². The number of amides is 1. The van der Waals surface area contributed by atoms with Gasteiger partial charge in [-0.15, -0.1) is 0 Å². The van der Waals surface area contributed by atoms with Gasteiger partial charge in [-0.05, 0) is 26.3 Å². The van der Waals surface area contributed by atoms with E-state index in [0.717, 1.165) is 32.7 Å². The quantitative estimate of drug-likeness (QED) is 0.738. The van der Waals surface area contributed by atoms with Crippen molar-refractivity contribution in [3.05, 3.63) is 0 Å². The summed E-state index contributed by atoms with van der Waals surface area (Å²) < 4.78 is 5.10. The topological polar surface area (TPSA) is 41.6 Å². The monoisotopic (exact) mass is 228 g/mol. The van der Waals surface area contributed by atoms with Gasteiger partial charge in [0.1, 0.15) is 0 Å². The number of hydrogen-bond acceptors (Lipinski definition) is 3. The number of ether oxygens (including phenoxy) is 1. The largest absolute Gasteiger partial charge is 0.383 e. The Labute approximate surface area is 98.3 Å². The number of carbonyl (C=O) groups is 1. The number of carbonyl (C=O) groups excluding carboxylic acids is 1. The van der Waals surface area contributed by atoms with E-state index in [-0.39, 0.29) is 5.91 Å². The van der Waals surface area contributed by atoms with Crippen molar-refractivity contribution in [2.45, 2.75) is 38.6 Å². The average molecular weight is 228 g/mol. The molecule has 1 amide bonds. The highest BCUT2D eigenvalue weighted by molar-refractivity contribution is 5.76. The van der Waals surface area contributed by atoms with Gasteiger partial charge in [-0.1, -0.05) is 6.42 Å². The van der Waals surface area contributed by atoms with Crippen LogP contribution in [0.15, 0.2) is 0 Å². The first-order valence-corrected chi connectivity index (χ1v) is 6.27. The fraction of sp³-hybridized carbons (Fsp3) is 0.917. The van der Waals surface area contributed by atoms with Gasteiger partial charge in [0.05, 0.1) is 6.61 Å². The third-order valence-corrected chi connectivity index (χ3v) is 3.13. The summed E-state index contributed by atoms with van der Waals surface area (Å²) in [4.78, 5) is 14.0. The molecule has 1 saturated heterocycles. The predicted octanol–water partition coefficient (Wildman–Crippen LogP) is 1.01. The lowest BCUT2D eigenvalue weighted by atomic mass is 9.99. The van der Waals surface area contributed by atoms with E-state index in [2.05, 4.69) is 10.2 Å². The van der Waals surface area contributed by atoms with Crippen LogP contribution in [-0.2, 0) is 9.53 Å².